The molecule has 0 saturated heterocycles. The highest BCUT2D eigenvalue weighted by Gasteiger charge is 2.47. The largest absolute Gasteiger partial charge is 0.365 e. The molecule has 190 valence electrons. The van der Waals surface area contributed by atoms with Crippen LogP contribution in [-0.4, -0.2) is 60.6 Å². The van der Waals surface area contributed by atoms with Crippen LogP contribution in [0.25, 0.3) is 0 Å². The molecule has 0 radical (unpaired) electrons. The maximum atomic E-state index is 13.6. The van der Waals surface area contributed by atoms with Crippen molar-refractivity contribution in [3.8, 4) is 0 Å². The fourth-order valence-corrected chi connectivity index (χ4v) is 4.68. The lowest BCUT2D eigenvalue weighted by molar-refractivity contribution is -0.111. The predicted molar refractivity (Wildman–Crippen MR) is 143 cm³/mol. The van der Waals surface area contributed by atoms with Crippen molar-refractivity contribution in [2.45, 2.75) is 31.6 Å². The molecule has 0 aliphatic carbocycles. The van der Waals surface area contributed by atoms with E-state index >= 15 is 0 Å². The number of hydrazine groups is 1. The van der Waals surface area contributed by atoms with Gasteiger partial charge in [0.15, 0.2) is 0 Å². The Balaban J connectivity index is 1.47. The van der Waals surface area contributed by atoms with Gasteiger partial charge in [0.1, 0.15) is 6.17 Å². The Morgan fingerprint density at radius 1 is 1.17 bits per heavy atom. The van der Waals surface area contributed by atoms with Gasteiger partial charge < -0.3 is 31.2 Å². The first-order valence-electron chi connectivity index (χ1n) is 12.0. The molecule has 4 rings (SSSR count). The third-order valence-electron chi connectivity index (χ3n) is 6.55. The number of anilines is 2. The van der Waals surface area contributed by atoms with Gasteiger partial charge in [0.05, 0.1) is 17.3 Å². The summed E-state index contributed by atoms with van der Waals surface area (Å²) in [6.07, 6.45) is 1.02. The SMILES string of the molecule is C=CC(=O)Nc1cccc(NC2NNC3=C2CN(C(=O)N[C@H](CN(C)C)c2ccccc2)C3(C)C)c1. The van der Waals surface area contributed by atoms with E-state index in [0.717, 1.165) is 22.5 Å². The summed E-state index contributed by atoms with van der Waals surface area (Å²) in [5.41, 5.74) is 10.7. The molecule has 2 aliphatic rings. The predicted octanol–water partition coefficient (Wildman–Crippen LogP) is 3.02. The summed E-state index contributed by atoms with van der Waals surface area (Å²) in [6, 6.07) is 17.3. The Bertz CT molecular complexity index is 1160. The summed E-state index contributed by atoms with van der Waals surface area (Å²) in [7, 11) is 4.00. The van der Waals surface area contributed by atoms with Crippen molar-refractivity contribution in [3.63, 3.8) is 0 Å². The number of hydrogen-bond donors (Lipinski definition) is 5. The van der Waals surface area contributed by atoms with Gasteiger partial charge in [-0.3, -0.25) is 4.79 Å². The summed E-state index contributed by atoms with van der Waals surface area (Å²) in [5.74, 6) is -0.264. The zero-order chi connectivity index (χ0) is 25.9. The molecule has 2 atom stereocenters. The highest BCUT2D eigenvalue weighted by atomic mass is 16.2. The molecule has 1 unspecified atom stereocenters. The number of rotatable bonds is 8. The zero-order valence-electron chi connectivity index (χ0n) is 21.3. The van der Waals surface area contributed by atoms with Crippen LogP contribution >= 0.6 is 0 Å². The first kappa shape index (κ1) is 25.3. The molecule has 0 spiro atoms. The lowest BCUT2D eigenvalue weighted by Gasteiger charge is -2.36. The fraction of sp³-hybridized carbons (Fsp3) is 0.333. The Kier molecular flexibility index (Phi) is 7.32. The van der Waals surface area contributed by atoms with Crippen molar-refractivity contribution < 1.29 is 9.59 Å². The van der Waals surface area contributed by atoms with Gasteiger partial charge in [-0.05, 0) is 57.8 Å². The van der Waals surface area contributed by atoms with Gasteiger partial charge in [0.2, 0.25) is 5.91 Å². The Morgan fingerprint density at radius 3 is 2.58 bits per heavy atom. The number of hydrogen-bond acceptors (Lipinski definition) is 6. The van der Waals surface area contributed by atoms with Crippen molar-refractivity contribution in [3.05, 3.63) is 84.1 Å². The molecule has 2 aromatic carbocycles. The minimum Gasteiger partial charge on any atom is -0.365 e. The second-order valence-electron chi connectivity index (χ2n) is 9.84. The van der Waals surface area contributed by atoms with Crippen LogP contribution in [0.5, 0.6) is 0 Å². The maximum absolute atomic E-state index is 13.6. The lowest BCUT2D eigenvalue weighted by atomic mass is 10.0. The van der Waals surface area contributed by atoms with Gasteiger partial charge >= 0.3 is 6.03 Å². The summed E-state index contributed by atoms with van der Waals surface area (Å²) >= 11 is 0. The molecule has 9 heteroatoms. The molecular formula is C27H35N7O2. The topological polar surface area (TPSA) is 101 Å². The van der Waals surface area contributed by atoms with Crippen LogP contribution in [0.15, 0.2) is 78.5 Å². The first-order valence-corrected chi connectivity index (χ1v) is 12.0. The maximum Gasteiger partial charge on any atom is 0.318 e. The molecule has 5 N–H and O–H groups in total. The number of likely N-dealkylation sites (N-methyl/N-ethyl adjacent to an activating group) is 1. The van der Waals surface area contributed by atoms with Gasteiger partial charge in [-0.1, -0.05) is 43.0 Å². The van der Waals surface area contributed by atoms with Gasteiger partial charge in [0.25, 0.3) is 0 Å². The van der Waals surface area contributed by atoms with Crippen molar-refractivity contribution in [1.82, 2.24) is 26.0 Å². The molecule has 2 heterocycles. The molecule has 3 amide bonds. The smallest absolute Gasteiger partial charge is 0.318 e. The minimum absolute atomic E-state index is 0.111. The fourth-order valence-electron chi connectivity index (χ4n) is 4.68. The lowest BCUT2D eigenvalue weighted by Crippen LogP contribution is -2.55. The van der Waals surface area contributed by atoms with Crippen LogP contribution in [0.1, 0.15) is 25.5 Å². The summed E-state index contributed by atoms with van der Waals surface area (Å²) in [5, 5.41) is 9.48. The van der Waals surface area contributed by atoms with Crippen LogP contribution in [0.2, 0.25) is 0 Å². The number of carbonyl (C=O) groups is 2. The summed E-state index contributed by atoms with van der Waals surface area (Å²) in [4.78, 5) is 29.1. The molecule has 0 fully saturated rings. The van der Waals surface area contributed by atoms with E-state index in [-0.39, 0.29) is 24.1 Å². The Morgan fingerprint density at radius 2 is 1.89 bits per heavy atom. The van der Waals surface area contributed by atoms with E-state index in [1.165, 1.54) is 6.08 Å². The number of carbonyl (C=O) groups excluding carboxylic acids is 2. The van der Waals surface area contributed by atoms with Crippen molar-refractivity contribution in [1.29, 1.82) is 0 Å². The van der Waals surface area contributed by atoms with E-state index in [1.54, 1.807) is 0 Å². The van der Waals surface area contributed by atoms with Gasteiger partial charge in [0, 0.05) is 30.0 Å². The van der Waals surface area contributed by atoms with Crippen molar-refractivity contribution >= 4 is 23.3 Å². The highest BCUT2D eigenvalue weighted by Crippen LogP contribution is 2.37. The number of urea groups is 1. The quantitative estimate of drug-likeness (QED) is 0.366. The third kappa shape index (κ3) is 5.37. The second kappa shape index (κ2) is 10.4. The number of amides is 3. The van der Waals surface area contributed by atoms with Crippen LogP contribution in [0.4, 0.5) is 16.2 Å². The molecule has 0 aromatic heterocycles. The van der Waals surface area contributed by atoms with Crippen molar-refractivity contribution in [2.75, 3.05) is 37.8 Å². The molecule has 2 aliphatic heterocycles. The molecule has 9 nitrogen and oxygen atoms in total. The van der Waals surface area contributed by atoms with Gasteiger partial charge in [-0.15, -0.1) is 0 Å². The molecule has 2 aromatic rings. The normalized spacial score (nSPS) is 18.9. The summed E-state index contributed by atoms with van der Waals surface area (Å²) < 4.78 is 0. The average molecular weight is 490 g/mol. The Labute approximate surface area is 212 Å². The third-order valence-corrected chi connectivity index (χ3v) is 6.55. The van der Waals surface area contributed by atoms with Crippen molar-refractivity contribution in [2.24, 2.45) is 0 Å². The van der Waals surface area contributed by atoms with E-state index in [0.29, 0.717) is 18.8 Å². The molecule has 0 saturated carbocycles. The average Bonchev–Trinajstić information content (AvgIpc) is 3.36. The Hall–Kier alpha value is -3.82. The van der Waals surface area contributed by atoms with E-state index < -0.39 is 5.54 Å². The van der Waals surface area contributed by atoms with E-state index in [4.69, 9.17) is 0 Å². The van der Waals surface area contributed by atoms with Crippen LogP contribution in [0, 0.1) is 0 Å². The van der Waals surface area contributed by atoms with Crippen LogP contribution in [0.3, 0.4) is 0 Å². The second-order valence-corrected chi connectivity index (χ2v) is 9.84. The zero-order valence-corrected chi connectivity index (χ0v) is 21.3. The minimum atomic E-state index is -0.526. The first-order chi connectivity index (χ1) is 17.2. The van der Waals surface area contributed by atoms with E-state index in [2.05, 4.69) is 38.3 Å². The van der Waals surface area contributed by atoms with E-state index in [9.17, 15) is 9.59 Å². The molecule has 36 heavy (non-hydrogen) atoms. The summed E-state index contributed by atoms with van der Waals surface area (Å²) in [6.45, 7) is 8.74. The molecule has 0 bridgehead atoms. The van der Waals surface area contributed by atoms with Crippen LogP contribution < -0.4 is 26.8 Å². The monoisotopic (exact) mass is 489 g/mol. The van der Waals surface area contributed by atoms with E-state index in [1.807, 2.05) is 87.4 Å². The van der Waals surface area contributed by atoms with Gasteiger partial charge in [-0.25, -0.2) is 10.2 Å². The number of benzene rings is 2. The van der Waals surface area contributed by atoms with Gasteiger partial charge in [-0.2, -0.15) is 0 Å². The number of nitrogens with one attached hydrogen (secondary N) is 5. The standard InChI is InChI=1S/C27H35N7O2/c1-6-23(35)28-19-13-10-14-20(15-19)29-25-21-16-34(27(2,3)24(21)31-32-25)26(36)30-22(17-33(4)5)18-11-8-7-9-12-18/h6-15,22,25,29,31-32H,1,16-17H2,2-5H3,(H,28,35)(H,30,36)/t22-,25?/m1/s1. The highest BCUT2D eigenvalue weighted by molar-refractivity contribution is 5.99. The molecular weight excluding hydrogens is 454 g/mol. The number of nitrogens with zero attached hydrogens (tertiary/aromatic N) is 2. The van der Waals surface area contributed by atoms with Crippen LogP contribution in [-0.2, 0) is 4.79 Å².